The Kier molecular flexibility index (Phi) is 6.56. The summed E-state index contributed by atoms with van der Waals surface area (Å²) in [4.78, 5) is 15.8. The van der Waals surface area contributed by atoms with Crippen LogP contribution < -0.4 is 0 Å². The lowest BCUT2D eigenvalue weighted by Crippen LogP contribution is -2.14. The first-order valence-corrected chi connectivity index (χ1v) is 18.5. The fraction of sp³-hybridized carbons (Fsp3) is 0.0600. The number of nitrogens with zero attached hydrogens (tertiary/aromatic N) is 4. The molecule has 2 heterocycles. The molecule has 254 valence electrons. The van der Waals surface area contributed by atoms with Gasteiger partial charge in [0.15, 0.2) is 11.6 Å². The third-order valence-corrected chi connectivity index (χ3v) is 11.4. The van der Waals surface area contributed by atoms with E-state index in [0.717, 1.165) is 38.5 Å². The predicted octanol–water partition coefficient (Wildman–Crippen LogP) is 12.6. The zero-order valence-electron chi connectivity index (χ0n) is 30.0. The van der Waals surface area contributed by atoms with Crippen molar-refractivity contribution in [2.24, 2.45) is 0 Å². The fourth-order valence-corrected chi connectivity index (χ4v) is 8.88. The van der Waals surface area contributed by atoms with Gasteiger partial charge < -0.3 is 0 Å². The molecule has 8 aromatic carbocycles. The van der Waals surface area contributed by atoms with E-state index in [2.05, 4.69) is 170 Å². The molecule has 54 heavy (non-hydrogen) atoms. The van der Waals surface area contributed by atoms with Crippen LogP contribution in [0.2, 0.25) is 0 Å². The lowest BCUT2D eigenvalue weighted by atomic mass is 9.82. The summed E-state index contributed by atoms with van der Waals surface area (Å²) >= 11 is 0. The summed E-state index contributed by atoms with van der Waals surface area (Å²) in [6.45, 7) is 4.69. The molecule has 0 bridgehead atoms. The van der Waals surface area contributed by atoms with Gasteiger partial charge >= 0.3 is 0 Å². The van der Waals surface area contributed by atoms with Gasteiger partial charge in [0, 0.05) is 32.9 Å². The SMILES string of the molecule is CC1(C)c2ccccc2-c2c(-c3cccc4c5c6ccccc6ccc5n(-c5nc(-c6ccccc6)nc(-c6ccc7ccccc7c6)n5)c34)cccc21. The van der Waals surface area contributed by atoms with E-state index in [9.17, 15) is 0 Å². The van der Waals surface area contributed by atoms with E-state index in [-0.39, 0.29) is 5.41 Å². The van der Waals surface area contributed by atoms with Crippen LogP contribution in [-0.4, -0.2) is 19.5 Å². The molecule has 0 saturated heterocycles. The molecule has 0 fully saturated rings. The summed E-state index contributed by atoms with van der Waals surface area (Å²) in [5, 5.41) is 7.07. The van der Waals surface area contributed by atoms with E-state index in [4.69, 9.17) is 15.0 Å². The molecule has 4 heteroatoms. The van der Waals surface area contributed by atoms with Crippen LogP contribution in [0.4, 0.5) is 0 Å². The molecule has 0 atom stereocenters. The minimum Gasteiger partial charge on any atom is -0.277 e. The molecule has 0 unspecified atom stereocenters. The van der Waals surface area contributed by atoms with Crippen LogP contribution in [0, 0.1) is 0 Å². The maximum Gasteiger partial charge on any atom is 0.238 e. The average molecular weight is 691 g/mol. The molecule has 10 aromatic rings. The van der Waals surface area contributed by atoms with Crippen molar-refractivity contribution in [3.05, 3.63) is 181 Å². The van der Waals surface area contributed by atoms with Gasteiger partial charge in [0.1, 0.15) is 0 Å². The molecule has 1 aliphatic rings. The summed E-state index contributed by atoms with van der Waals surface area (Å²) in [5.74, 6) is 1.85. The van der Waals surface area contributed by atoms with E-state index in [1.807, 2.05) is 18.2 Å². The molecule has 11 rings (SSSR count). The Labute approximate surface area is 313 Å². The highest BCUT2D eigenvalue weighted by atomic mass is 15.2. The van der Waals surface area contributed by atoms with E-state index in [1.165, 1.54) is 49.4 Å². The molecule has 0 saturated carbocycles. The summed E-state index contributed by atoms with van der Waals surface area (Å²) < 4.78 is 2.29. The van der Waals surface area contributed by atoms with Gasteiger partial charge in [-0.25, -0.2) is 4.98 Å². The fourth-order valence-electron chi connectivity index (χ4n) is 8.88. The summed E-state index contributed by atoms with van der Waals surface area (Å²) in [6, 6.07) is 60.7. The van der Waals surface area contributed by atoms with Crippen LogP contribution in [0.1, 0.15) is 25.0 Å². The molecule has 0 radical (unpaired) electrons. The van der Waals surface area contributed by atoms with Gasteiger partial charge in [0.25, 0.3) is 0 Å². The van der Waals surface area contributed by atoms with E-state index < -0.39 is 0 Å². The predicted molar refractivity (Wildman–Crippen MR) is 223 cm³/mol. The second-order valence-corrected chi connectivity index (χ2v) is 14.8. The average Bonchev–Trinajstić information content (AvgIpc) is 3.70. The van der Waals surface area contributed by atoms with Crippen molar-refractivity contribution < 1.29 is 0 Å². The van der Waals surface area contributed by atoms with E-state index >= 15 is 0 Å². The minimum absolute atomic E-state index is 0.119. The highest BCUT2D eigenvalue weighted by molar-refractivity contribution is 6.23. The lowest BCUT2D eigenvalue weighted by Gasteiger charge is -2.21. The van der Waals surface area contributed by atoms with Crippen molar-refractivity contribution in [2.75, 3.05) is 0 Å². The third kappa shape index (κ3) is 4.47. The maximum absolute atomic E-state index is 5.37. The number of hydrogen-bond donors (Lipinski definition) is 0. The van der Waals surface area contributed by atoms with E-state index in [0.29, 0.717) is 17.6 Å². The third-order valence-electron chi connectivity index (χ3n) is 11.4. The first-order valence-electron chi connectivity index (χ1n) is 18.5. The van der Waals surface area contributed by atoms with Crippen LogP contribution in [0.3, 0.4) is 0 Å². The van der Waals surface area contributed by atoms with Gasteiger partial charge in [-0.1, -0.05) is 172 Å². The Bertz CT molecular complexity index is 3140. The Morgan fingerprint density at radius 3 is 1.94 bits per heavy atom. The van der Waals surface area contributed by atoms with Gasteiger partial charge in [0.05, 0.1) is 11.0 Å². The molecule has 0 spiro atoms. The Morgan fingerprint density at radius 1 is 0.444 bits per heavy atom. The van der Waals surface area contributed by atoms with Crippen LogP contribution in [0.15, 0.2) is 170 Å². The quantitative estimate of drug-likeness (QED) is 0.185. The highest BCUT2D eigenvalue weighted by Crippen LogP contribution is 2.53. The van der Waals surface area contributed by atoms with Crippen molar-refractivity contribution in [3.8, 4) is 51.0 Å². The first kappa shape index (κ1) is 30.7. The van der Waals surface area contributed by atoms with Crippen molar-refractivity contribution in [1.82, 2.24) is 19.5 Å². The lowest BCUT2D eigenvalue weighted by molar-refractivity contribution is 0.660. The Morgan fingerprint density at radius 2 is 1.07 bits per heavy atom. The standard InChI is InChI=1S/C50H34N4/c1-50(2)41-24-11-10-20-39(41)44-37(21-13-25-42(44)50)38-22-12-23-40-45-36-19-9-8-15-32(36)28-29-43(45)54(46(38)40)49-52-47(33-16-4-3-5-17-33)51-48(53-49)35-27-26-31-14-6-7-18-34(31)30-35/h3-30H,1-2H3. The summed E-state index contributed by atoms with van der Waals surface area (Å²) in [6.07, 6.45) is 0. The molecular formula is C50H34N4. The highest BCUT2D eigenvalue weighted by Gasteiger charge is 2.37. The molecule has 0 N–H and O–H groups in total. The molecule has 4 nitrogen and oxygen atoms in total. The number of rotatable bonds is 4. The number of benzene rings is 8. The summed E-state index contributed by atoms with van der Waals surface area (Å²) in [7, 11) is 0. The van der Waals surface area contributed by atoms with Crippen molar-refractivity contribution in [2.45, 2.75) is 19.3 Å². The van der Waals surface area contributed by atoms with Crippen molar-refractivity contribution in [3.63, 3.8) is 0 Å². The second-order valence-electron chi connectivity index (χ2n) is 14.8. The summed E-state index contributed by atoms with van der Waals surface area (Å²) in [5.41, 5.74) is 11.5. The molecule has 1 aliphatic carbocycles. The molecular weight excluding hydrogens is 657 g/mol. The van der Waals surface area contributed by atoms with Gasteiger partial charge in [-0.3, -0.25) is 4.57 Å². The van der Waals surface area contributed by atoms with Gasteiger partial charge in [-0.15, -0.1) is 0 Å². The zero-order chi connectivity index (χ0) is 36.0. The van der Waals surface area contributed by atoms with E-state index in [1.54, 1.807) is 0 Å². The van der Waals surface area contributed by atoms with Gasteiger partial charge in [-0.05, 0) is 61.5 Å². The maximum atomic E-state index is 5.37. The molecule has 0 aliphatic heterocycles. The number of hydrogen-bond acceptors (Lipinski definition) is 3. The second kappa shape index (κ2) is 11.5. The first-order chi connectivity index (χ1) is 26.5. The van der Waals surface area contributed by atoms with Crippen LogP contribution in [0.5, 0.6) is 0 Å². The number of aromatic nitrogens is 4. The smallest absolute Gasteiger partial charge is 0.238 e. The Balaban J connectivity index is 1.27. The zero-order valence-corrected chi connectivity index (χ0v) is 30.0. The Hall–Kier alpha value is -6.91. The topological polar surface area (TPSA) is 43.6 Å². The van der Waals surface area contributed by atoms with Crippen LogP contribution in [-0.2, 0) is 5.41 Å². The van der Waals surface area contributed by atoms with Crippen molar-refractivity contribution >= 4 is 43.4 Å². The van der Waals surface area contributed by atoms with Gasteiger partial charge in [-0.2, -0.15) is 9.97 Å². The van der Waals surface area contributed by atoms with Crippen molar-refractivity contribution in [1.29, 1.82) is 0 Å². The largest absolute Gasteiger partial charge is 0.277 e. The minimum atomic E-state index is -0.119. The molecule has 2 aromatic heterocycles. The van der Waals surface area contributed by atoms with Gasteiger partial charge in [0.2, 0.25) is 5.95 Å². The van der Waals surface area contributed by atoms with Crippen LogP contribution >= 0.6 is 0 Å². The normalized spacial score (nSPS) is 13.1. The number of fused-ring (bicyclic) bond motifs is 9. The number of para-hydroxylation sites is 1. The monoisotopic (exact) mass is 690 g/mol. The molecule has 0 amide bonds. The van der Waals surface area contributed by atoms with Crippen LogP contribution in [0.25, 0.3) is 94.3 Å².